The van der Waals surface area contributed by atoms with Crippen LogP contribution in [-0.2, 0) is 10.2 Å². The molecule has 9 nitrogen and oxygen atoms in total. The third-order valence-corrected chi connectivity index (χ3v) is 6.79. The number of nitrogens with zero attached hydrogens (tertiary/aromatic N) is 3. The number of nitrogens with one attached hydrogen (secondary N) is 2. The van der Waals surface area contributed by atoms with Gasteiger partial charge in [-0.3, -0.25) is 9.59 Å². The van der Waals surface area contributed by atoms with Crippen LogP contribution in [0.15, 0.2) is 22.7 Å². The van der Waals surface area contributed by atoms with Crippen molar-refractivity contribution in [1.82, 2.24) is 20.8 Å². The molecule has 0 radical (unpaired) electrons. The fraction of sp³-hybridized carbons (Fsp3) is 0.615. The molecule has 2 fully saturated rings. The number of rotatable bonds is 8. The number of carbonyl (C=O) groups is 2. The summed E-state index contributed by atoms with van der Waals surface area (Å²) in [4.78, 5) is 31.0. The number of piperidine rings is 1. The molecule has 0 saturated carbocycles. The average molecular weight is 484 g/mol. The van der Waals surface area contributed by atoms with E-state index in [0.717, 1.165) is 55.9 Å². The topological polar surface area (TPSA) is 110 Å². The number of benzene rings is 1. The first-order valence-corrected chi connectivity index (χ1v) is 12.6. The number of aromatic nitrogens is 2. The minimum Gasteiger partial charge on any atom is -0.494 e. The maximum Gasteiger partial charge on any atom is 0.324 e. The van der Waals surface area contributed by atoms with Crippen molar-refractivity contribution in [2.45, 2.75) is 71.3 Å². The summed E-state index contributed by atoms with van der Waals surface area (Å²) in [6.45, 7) is 11.3. The average Bonchev–Trinajstić information content (AvgIpc) is 3.47. The van der Waals surface area contributed by atoms with Crippen molar-refractivity contribution in [3.63, 3.8) is 0 Å². The van der Waals surface area contributed by atoms with Gasteiger partial charge in [-0.25, -0.2) is 0 Å². The van der Waals surface area contributed by atoms with Crippen molar-refractivity contribution in [3.05, 3.63) is 35.2 Å². The molecule has 0 unspecified atom stereocenters. The lowest BCUT2D eigenvalue weighted by molar-refractivity contribution is -0.120. The summed E-state index contributed by atoms with van der Waals surface area (Å²) in [5.74, 6) is 1.83. The summed E-state index contributed by atoms with van der Waals surface area (Å²) in [5.41, 5.74) is 1.29. The highest BCUT2D eigenvalue weighted by molar-refractivity contribution is 5.99. The Kier molecular flexibility index (Phi) is 7.62. The van der Waals surface area contributed by atoms with Crippen LogP contribution in [0.25, 0.3) is 0 Å². The first-order valence-electron chi connectivity index (χ1n) is 12.6. The summed E-state index contributed by atoms with van der Waals surface area (Å²) in [7, 11) is 0. The Labute approximate surface area is 207 Å². The normalized spacial score (nSPS) is 19.0. The number of amides is 2. The summed E-state index contributed by atoms with van der Waals surface area (Å²) in [6.07, 6.45) is 4.94. The molecule has 0 spiro atoms. The zero-order valence-electron chi connectivity index (χ0n) is 21.2. The van der Waals surface area contributed by atoms with E-state index in [1.165, 1.54) is 0 Å². The van der Waals surface area contributed by atoms with E-state index in [2.05, 4.69) is 46.4 Å². The molecular formula is C26H37N5O4. The molecule has 1 atom stereocenters. The van der Waals surface area contributed by atoms with Crippen LogP contribution in [0.4, 0.5) is 6.01 Å². The van der Waals surface area contributed by atoms with Gasteiger partial charge in [-0.05, 0) is 68.7 Å². The molecule has 1 aromatic carbocycles. The van der Waals surface area contributed by atoms with Gasteiger partial charge < -0.3 is 24.8 Å². The maximum atomic E-state index is 12.5. The molecule has 2 aliphatic heterocycles. The highest BCUT2D eigenvalue weighted by Crippen LogP contribution is 2.27. The van der Waals surface area contributed by atoms with Crippen molar-refractivity contribution in [2.75, 3.05) is 31.1 Å². The Hall–Kier alpha value is -3.10. The van der Waals surface area contributed by atoms with E-state index in [-0.39, 0.29) is 17.2 Å². The van der Waals surface area contributed by atoms with Gasteiger partial charge in [-0.15, -0.1) is 0 Å². The molecule has 2 aliphatic rings. The lowest BCUT2D eigenvalue weighted by Gasteiger charge is -2.30. The second-order valence-corrected chi connectivity index (χ2v) is 10.7. The Morgan fingerprint density at radius 1 is 1.26 bits per heavy atom. The summed E-state index contributed by atoms with van der Waals surface area (Å²) >= 11 is 0. The fourth-order valence-corrected chi connectivity index (χ4v) is 4.57. The van der Waals surface area contributed by atoms with Crippen LogP contribution in [0.1, 0.15) is 74.6 Å². The van der Waals surface area contributed by atoms with Crippen LogP contribution < -0.4 is 20.3 Å². The SMILES string of the molecule is Cc1cc(OCCCC2CCN(c3nc(C(C)(C)C)no3)CC2)ccc1C(=O)N[C@H]1CCNC1=O. The number of carbonyl (C=O) groups excluding carboxylic acids is 2. The third kappa shape index (κ3) is 6.32. The van der Waals surface area contributed by atoms with Crippen molar-refractivity contribution in [3.8, 4) is 5.75 Å². The van der Waals surface area contributed by atoms with Crippen LogP contribution >= 0.6 is 0 Å². The van der Waals surface area contributed by atoms with Gasteiger partial charge in [0, 0.05) is 30.6 Å². The van der Waals surface area contributed by atoms with Crippen LogP contribution in [0.2, 0.25) is 0 Å². The minimum absolute atomic E-state index is 0.112. The van der Waals surface area contributed by atoms with Crippen molar-refractivity contribution >= 4 is 17.8 Å². The van der Waals surface area contributed by atoms with Crippen LogP contribution in [0.5, 0.6) is 5.75 Å². The molecule has 3 heterocycles. The van der Waals surface area contributed by atoms with Gasteiger partial charge in [0.25, 0.3) is 5.91 Å². The summed E-state index contributed by atoms with van der Waals surface area (Å²) in [5, 5.41) is 9.67. The van der Waals surface area contributed by atoms with E-state index in [1.54, 1.807) is 6.07 Å². The first-order chi connectivity index (χ1) is 16.7. The van der Waals surface area contributed by atoms with E-state index in [4.69, 9.17) is 9.26 Å². The Balaban J connectivity index is 1.17. The van der Waals surface area contributed by atoms with Gasteiger partial charge in [-0.1, -0.05) is 25.9 Å². The number of hydrogen-bond acceptors (Lipinski definition) is 7. The molecule has 2 aromatic rings. The smallest absolute Gasteiger partial charge is 0.324 e. The van der Waals surface area contributed by atoms with Crippen molar-refractivity contribution in [1.29, 1.82) is 0 Å². The fourth-order valence-electron chi connectivity index (χ4n) is 4.57. The predicted octanol–water partition coefficient (Wildman–Crippen LogP) is 3.37. The highest BCUT2D eigenvalue weighted by Gasteiger charge is 2.27. The van der Waals surface area contributed by atoms with Gasteiger partial charge in [0.1, 0.15) is 11.8 Å². The molecule has 2 saturated heterocycles. The number of anilines is 1. The second-order valence-electron chi connectivity index (χ2n) is 10.7. The Morgan fingerprint density at radius 3 is 2.66 bits per heavy atom. The predicted molar refractivity (Wildman–Crippen MR) is 133 cm³/mol. The zero-order valence-corrected chi connectivity index (χ0v) is 21.2. The third-order valence-electron chi connectivity index (χ3n) is 6.79. The van der Waals surface area contributed by atoms with Gasteiger partial charge >= 0.3 is 6.01 Å². The monoisotopic (exact) mass is 483 g/mol. The Bertz CT molecular complexity index is 1040. The zero-order chi connectivity index (χ0) is 25.0. The van der Waals surface area contributed by atoms with Crippen molar-refractivity contribution in [2.24, 2.45) is 5.92 Å². The molecular weight excluding hydrogens is 446 g/mol. The van der Waals surface area contributed by atoms with Crippen LogP contribution in [0, 0.1) is 12.8 Å². The maximum absolute atomic E-state index is 12.5. The molecule has 0 bridgehead atoms. The van der Waals surface area contributed by atoms with Gasteiger partial charge in [0.2, 0.25) is 5.91 Å². The highest BCUT2D eigenvalue weighted by atomic mass is 16.5. The lowest BCUT2D eigenvalue weighted by Crippen LogP contribution is -2.40. The molecule has 35 heavy (non-hydrogen) atoms. The summed E-state index contributed by atoms with van der Waals surface area (Å²) < 4.78 is 11.4. The van der Waals surface area contributed by atoms with E-state index < -0.39 is 6.04 Å². The molecule has 190 valence electrons. The molecule has 9 heteroatoms. The molecule has 4 rings (SSSR count). The van der Waals surface area contributed by atoms with Gasteiger partial charge in [0.05, 0.1) is 6.61 Å². The largest absolute Gasteiger partial charge is 0.494 e. The van der Waals surface area contributed by atoms with Crippen LogP contribution in [0.3, 0.4) is 0 Å². The van der Waals surface area contributed by atoms with Crippen LogP contribution in [-0.4, -0.2) is 54.2 Å². The quantitative estimate of drug-likeness (QED) is 0.554. The molecule has 0 aliphatic carbocycles. The van der Waals surface area contributed by atoms with Gasteiger partial charge in [0.15, 0.2) is 5.82 Å². The standard InChI is InChI=1S/C26H37N5O4/c1-17-16-19(7-8-20(17)22(32)28-21-9-12-27-23(21)33)34-15-5-6-18-10-13-31(14-11-18)25-29-24(30-35-25)26(2,3)4/h7-8,16,18,21H,5-6,9-15H2,1-4H3,(H,27,33)(H,28,32)/t21-/m0/s1. The van der Waals surface area contributed by atoms with E-state index in [0.29, 0.717) is 37.1 Å². The van der Waals surface area contributed by atoms with E-state index >= 15 is 0 Å². The van der Waals surface area contributed by atoms with Gasteiger partial charge in [-0.2, -0.15) is 4.98 Å². The Morgan fingerprint density at radius 2 is 2.03 bits per heavy atom. The van der Waals surface area contributed by atoms with Crippen molar-refractivity contribution < 1.29 is 18.8 Å². The molecule has 1 aromatic heterocycles. The number of hydrogen-bond donors (Lipinski definition) is 2. The minimum atomic E-state index is -0.447. The van der Waals surface area contributed by atoms with E-state index in [1.807, 2.05) is 19.1 Å². The second kappa shape index (κ2) is 10.7. The first kappa shape index (κ1) is 25.0. The van der Waals surface area contributed by atoms with E-state index in [9.17, 15) is 9.59 Å². The number of ether oxygens (including phenoxy) is 1. The lowest BCUT2D eigenvalue weighted by atomic mass is 9.92. The molecule has 2 amide bonds. The molecule has 2 N–H and O–H groups in total. The number of aryl methyl sites for hydroxylation is 1. The summed E-state index contributed by atoms with van der Waals surface area (Å²) in [6, 6.07) is 5.67.